The average molecular weight is 281 g/mol. The number of anilines is 1. The zero-order valence-electron chi connectivity index (χ0n) is 12.2. The molecular formula is C15H24FN3O. The fraction of sp³-hybridized carbons (Fsp3) is 0.600. The van der Waals surface area contributed by atoms with Gasteiger partial charge in [-0.15, -0.1) is 0 Å². The summed E-state index contributed by atoms with van der Waals surface area (Å²) in [6, 6.07) is 5.07. The zero-order chi connectivity index (χ0) is 14.6. The third-order valence-corrected chi connectivity index (χ3v) is 3.61. The van der Waals surface area contributed by atoms with E-state index >= 15 is 0 Å². The lowest BCUT2D eigenvalue weighted by Crippen LogP contribution is -2.53. The van der Waals surface area contributed by atoms with E-state index in [1.807, 2.05) is 13.0 Å². The molecule has 1 saturated heterocycles. The molecule has 1 aromatic rings. The van der Waals surface area contributed by atoms with Crippen molar-refractivity contribution in [2.75, 3.05) is 25.0 Å². The van der Waals surface area contributed by atoms with Crippen molar-refractivity contribution in [2.24, 2.45) is 5.73 Å². The maximum Gasteiger partial charge on any atom is 0.129 e. The number of morpholine rings is 1. The van der Waals surface area contributed by atoms with Crippen molar-refractivity contribution < 1.29 is 9.13 Å². The van der Waals surface area contributed by atoms with Crippen molar-refractivity contribution in [1.82, 2.24) is 5.32 Å². The molecule has 0 saturated carbocycles. The highest BCUT2D eigenvalue weighted by atomic mass is 19.1. The molecule has 0 amide bonds. The lowest BCUT2D eigenvalue weighted by atomic mass is 9.93. The SMILES string of the molecule is CCCCNc1ccc(F)c(C2(C)CNC[C@H](N)O2)c1. The predicted octanol–water partition coefficient (Wildman–Crippen LogP) is 2.16. The van der Waals surface area contributed by atoms with Gasteiger partial charge in [0.1, 0.15) is 17.6 Å². The van der Waals surface area contributed by atoms with E-state index in [-0.39, 0.29) is 5.82 Å². The number of hydrogen-bond acceptors (Lipinski definition) is 4. The first kappa shape index (κ1) is 15.2. The normalized spacial score (nSPS) is 26.5. The van der Waals surface area contributed by atoms with Gasteiger partial charge in [0.2, 0.25) is 0 Å². The topological polar surface area (TPSA) is 59.3 Å². The van der Waals surface area contributed by atoms with Crippen molar-refractivity contribution in [1.29, 1.82) is 0 Å². The number of rotatable bonds is 5. The second-order valence-electron chi connectivity index (χ2n) is 5.49. The molecule has 0 aromatic heterocycles. The Bertz CT molecular complexity index is 455. The third kappa shape index (κ3) is 3.48. The van der Waals surface area contributed by atoms with Gasteiger partial charge in [-0.3, -0.25) is 0 Å². The second kappa shape index (κ2) is 6.52. The van der Waals surface area contributed by atoms with E-state index in [4.69, 9.17) is 10.5 Å². The quantitative estimate of drug-likeness (QED) is 0.724. The molecule has 0 bridgehead atoms. The fourth-order valence-corrected chi connectivity index (χ4v) is 2.48. The van der Waals surface area contributed by atoms with Crippen LogP contribution >= 0.6 is 0 Å². The summed E-state index contributed by atoms with van der Waals surface area (Å²) in [6.45, 7) is 6.04. The maximum atomic E-state index is 14.1. The summed E-state index contributed by atoms with van der Waals surface area (Å²) in [4.78, 5) is 0. The minimum atomic E-state index is -0.732. The molecule has 1 aliphatic heterocycles. The molecule has 1 heterocycles. The molecule has 1 unspecified atom stereocenters. The molecule has 1 aliphatic rings. The number of ether oxygens (including phenoxy) is 1. The van der Waals surface area contributed by atoms with Crippen LogP contribution in [0.1, 0.15) is 32.3 Å². The first-order chi connectivity index (χ1) is 9.55. The van der Waals surface area contributed by atoms with Crippen LogP contribution in [0.5, 0.6) is 0 Å². The molecule has 0 aliphatic carbocycles. The monoisotopic (exact) mass is 281 g/mol. The Morgan fingerprint density at radius 1 is 1.55 bits per heavy atom. The molecule has 1 fully saturated rings. The molecule has 0 radical (unpaired) electrons. The Labute approximate surface area is 119 Å². The standard InChI is InChI=1S/C15H24FN3O/c1-3-4-7-19-11-5-6-13(16)12(8-11)15(2)10-18-9-14(17)20-15/h5-6,8,14,18-19H,3-4,7,9-10,17H2,1-2H3/t14-,15?/m1/s1. The van der Waals surface area contributed by atoms with E-state index in [2.05, 4.69) is 17.6 Å². The van der Waals surface area contributed by atoms with E-state index in [1.54, 1.807) is 6.07 Å². The van der Waals surface area contributed by atoms with Gasteiger partial charge in [-0.05, 0) is 31.5 Å². The minimum absolute atomic E-state index is 0.260. The average Bonchev–Trinajstić information content (AvgIpc) is 2.40. The summed E-state index contributed by atoms with van der Waals surface area (Å²) in [5.74, 6) is -0.260. The summed E-state index contributed by atoms with van der Waals surface area (Å²) in [6.07, 6.45) is 1.80. The van der Waals surface area contributed by atoms with Crippen LogP contribution in [-0.2, 0) is 10.3 Å². The molecular weight excluding hydrogens is 257 g/mol. The van der Waals surface area contributed by atoms with E-state index in [9.17, 15) is 4.39 Å². The molecule has 2 atom stereocenters. The van der Waals surface area contributed by atoms with Crippen LogP contribution in [0.25, 0.3) is 0 Å². The lowest BCUT2D eigenvalue weighted by molar-refractivity contribution is -0.109. The summed E-state index contributed by atoms with van der Waals surface area (Å²) in [7, 11) is 0. The number of hydrogen-bond donors (Lipinski definition) is 3. The highest BCUT2D eigenvalue weighted by Crippen LogP contribution is 2.31. The molecule has 4 nitrogen and oxygen atoms in total. The van der Waals surface area contributed by atoms with Crippen molar-refractivity contribution in [3.8, 4) is 0 Å². The maximum absolute atomic E-state index is 14.1. The lowest BCUT2D eigenvalue weighted by Gasteiger charge is -2.38. The Morgan fingerprint density at radius 2 is 2.35 bits per heavy atom. The fourth-order valence-electron chi connectivity index (χ4n) is 2.48. The smallest absolute Gasteiger partial charge is 0.129 e. The molecule has 4 N–H and O–H groups in total. The van der Waals surface area contributed by atoms with Crippen molar-refractivity contribution in [2.45, 2.75) is 38.5 Å². The first-order valence-corrected chi connectivity index (χ1v) is 7.23. The van der Waals surface area contributed by atoms with Gasteiger partial charge in [0.05, 0.1) is 0 Å². The van der Waals surface area contributed by atoms with E-state index in [1.165, 1.54) is 6.07 Å². The predicted molar refractivity (Wildman–Crippen MR) is 79.1 cm³/mol. The van der Waals surface area contributed by atoms with Gasteiger partial charge in [-0.2, -0.15) is 0 Å². The van der Waals surface area contributed by atoms with Crippen molar-refractivity contribution in [3.05, 3.63) is 29.6 Å². The minimum Gasteiger partial charge on any atom is -0.385 e. The highest BCUT2D eigenvalue weighted by Gasteiger charge is 2.35. The number of benzene rings is 1. The van der Waals surface area contributed by atoms with E-state index in [0.717, 1.165) is 25.1 Å². The second-order valence-corrected chi connectivity index (χ2v) is 5.49. The Balaban J connectivity index is 2.19. The van der Waals surface area contributed by atoms with Gasteiger partial charge in [0, 0.05) is 30.9 Å². The summed E-state index contributed by atoms with van der Waals surface area (Å²) < 4.78 is 19.9. The number of nitrogens with one attached hydrogen (secondary N) is 2. The molecule has 5 heteroatoms. The van der Waals surface area contributed by atoms with Crippen LogP contribution in [0, 0.1) is 5.82 Å². The molecule has 2 rings (SSSR count). The first-order valence-electron chi connectivity index (χ1n) is 7.23. The Morgan fingerprint density at radius 3 is 3.05 bits per heavy atom. The summed E-state index contributed by atoms with van der Waals surface area (Å²) >= 11 is 0. The summed E-state index contributed by atoms with van der Waals surface area (Å²) in [5, 5.41) is 6.49. The van der Waals surface area contributed by atoms with Gasteiger partial charge in [0.25, 0.3) is 0 Å². The van der Waals surface area contributed by atoms with E-state index < -0.39 is 11.8 Å². The van der Waals surface area contributed by atoms with Gasteiger partial charge in [-0.25, -0.2) is 4.39 Å². The van der Waals surface area contributed by atoms with Crippen LogP contribution < -0.4 is 16.4 Å². The number of halogens is 1. The van der Waals surface area contributed by atoms with Crippen molar-refractivity contribution in [3.63, 3.8) is 0 Å². The Hall–Kier alpha value is -1.17. The third-order valence-electron chi connectivity index (χ3n) is 3.61. The van der Waals surface area contributed by atoms with Crippen LogP contribution in [0.4, 0.5) is 10.1 Å². The number of nitrogens with two attached hydrogens (primary N) is 1. The highest BCUT2D eigenvalue weighted by molar-refractivity contribution is 5.48. The number of unbranched alkanes of at least 4 members (excludes halogenated alkanes) is 1. The van der Waals surface area contributed by atoms with Crippen LogP contribution in [0.2, 0.25) is 0 Å². The largest absolute Gasteiger partial charge is 0.385 e. The van der Waals surface area contributed by atoms with E-state index in [0.29, 0.717) is 18.7 Å². The van der Waals surface area contributed by atoms with Crippen LogP contribution in [0.15, 0.2) is 18.2 Å². The van der Waals surface area contributed by atoms with Gasteiger partial charge in [0.15, 0.2) is 0 Å². The van der Waals surface area contributed by atoms with Gasteiger partial charge in [-0.1, -0.05) is 13.3 Å². The summed E-state index contributed by atoms with van der Waals surface area (Å²) in [5.41, 5.74) is 6.54. The van der Waals surface area contributed by atoms with Gasteiger partial charge < -0.3 is 21.1 Å². The van der Waals surface area contributed by atoms with Gasteiger partial charge >= 0.3 is 0 Å². The zero-order valence-corrected chi connectivity index (χ0v) is 12.2. The van der Waals surface area contributed by atoms with Crippen LogP contribution in [-0.4, -0.2) is 25.9 Å². The Kier molecular flexibility index (Phi) is 4.96. The molecule has 112 valence electrons. The van der Waals surface area contributed by atoms with Crippen molar-refractivity contribution >= 4 is 5.69 Å². The molecule has 20 heavy (non-hydrogen) atoms. The molecule has 1 aromatic carbocycles. The molecule has 0 spiro atoms. The van der Waals surface area contributed by atoms with Crippen LogP contribution in [0.3, 0.4) is 0 Å².